The average Bonchev–Trinajstić information content (AvgIpc) is 2.97. The van der Waals surface area contributed by atoms with Crippen LogP contribution in [0.2, 0.25) is 0 Å². The van der Waals surface area contributed by atoms with Crippen molar-refractivity contribution in [2.45, 2.75) is 32.0 Å². The predicted molar refractivity (Wildman–Crippen MR) is 48.7 cm³/mol. The lowest BCUT2D eigenvalue weighted by atomic mass is 10.4. The van der Waals surface area contributed by atoms with E-state index in [0.29, 0.717) is 6.10 Å². The molecule has 2 aliphatic rings. The molecule has 1 saturated heterocycles. The lowest BCUT2D eigenvalue weighted by Gasteiger charge is -2.12. The van der Waals surface area contributed by atoms with Crippen LogP contribution in [0, 0.1) is 5.92 Å². The molecule has 0 aromatic carbocycles. The maximum atomic E-state index is 5.52. The molecule has 2 rings (SSSR count). The Labute approximate surface area is 79.4 Å². The summed E-state index contributed by atoms with van der Waals surface area (Å²) in [5.41, 5.74) is 0. The molecule has 13 heavy (non-hydrogen) atoms. The SMILES string of the molecule is CC(COCC1CC1)OCC1CO1. The summed E-state index contributed by atoms with van der Waals surface area (Å²) < 4.78 is 16.1. The first-order valence-corrected chi connectivity index (χ1v) is 5.15. The highest BCUT2D eigenvalue weighted by Crippen LogP contribution is 2.28. The van der Waals surface area contributed by atoms with E-state index in [1.165, 1.54) is 12.8 Å². The second-order valence-electron chi connectivity index (χ2n) is 4.08. The smallest absolute Gasteiger partial charge is 0.104 e. The van der Waals surface area contributed by atoms with Crippen LogP contribution >= 0.6 is 0 Å². The fraction of sp³-hybridized carbons (Fsp3) is 1.00. The van der Waals surface area contributed by atoms with Crippen molar-refractivity contribution < 1.29 is 14.2 Å². The van der Waals surface area contributed by atoms with Gasteiger partial charge in [0.1, 0.15) is 6.10 Å². The van der Waals surface area contributed by atoms with Gasteiger partial charge in [0.05, 0.1) is 25.9 Å². The van der Waals surface area contributed by atoms with Crippen molar-refractivity contribution in [2.24, 2.45) is 5.92 Å². The van der Waals surface area contributed by atoms with Crippen LogP contribution in [0.3, 0.4) is 0 Å². The highest BCUT2D eigenvalue weighted by molar-refractivity contribution is 4.72. The molecule has 1 saturated carbocycles. The summed E-state index contributed by atoms with van der Waals surface area (Å²) in [5.74, 6) is 0.846. The van der Waals surface area contributed by atoms with E-state index in [2.05, 4.69) is 6.92 Å². The van der Waals surface area contributed by atoms with Crippen molar-refractivity contribution in [2.75, 3.05) is 26.4 Å². The van der Waals surface area contributed by atoms with Gasteiger partial charge in [-0.2, -0.15) is 0 Å². The first-order valence-electron chi connectivity index (χ1n) is 5.15. The van der Waals surface area contributed by atoms with E-state index >= 15 is 0 Å². The average molecular weight is 186 g/mol. The molecule has 1 heterocycles. The van der Waals surface area contributed by atoms with E-state index in [4.69, 9.17) is 14.2 Å². The Morgan fingerprint density at radius 2 is 2.15 bits per heavy atom. The molecule has 76 valence electrons. The van der Waals surface area contributed by atoms with Crippen LogP contribution in [-0.2, 0) is 14.2 Å². The quantitative estimate of drug-likeness (QED) is 0.560. The summed E-state index contributed by atoms with van der Waals surface area (Å²) in [6.07, 6.45) is 3.28. The largest absolute Gasteiger partial charge is 0.378 e. The molecule has 0 aromatic rings. The summed E-state index contributed by atoms with van der Waals surface area (Å²) in [4.78, 5) is 0. The van der Waals surface area contributed by atoms with Gasteiger partial charge in [0.2, 0.25) is 0 Å². The highest BCUT2D eigenvalue weighted by atomic mass is 16.6. The van der Waals surface area contributed by atoms with Crippen LogP contribution in [0.15, 0.2) is 0 Å². The zero-order valence-electron chi connectivity index (χ0n) is 8.20. The van der Waals surface area contributed by atoms with E-state index in [0.717, 1.165) is 32.3 Å². The molecule has 1 aliphatic heterocycles. The highest BCUT2D eigenvalue weighted by Gasteiger charge is 2.24. The minimum Gasteiger partial charge on any atom is -0.378 e. The fourth-order valence-electron chi connectivity index (χ4n) is 1.17. The normalized spacial score (nSPS) is 28.8. The van der Waals surface area contributed by atoms with Crippen molar-refractivity contribution in [3.05, 3.63) is 0 Å². The van der Waals surface area contributed by atoms with E-state index < -0.39 is 0 Å². The van der Waals surface area contributed by atoms with Gasteiger partial charge in [-0.1, -0.05) is 0 Å². The van der Waals surface area contributed by atoms with Gasteiger partial charge in [0.25, 0.3) is 0 Å². The number of epoxide rings is 1. The molecule has 1 aliphatic carbocycles. The Balaban J connectivity index is 1.42. The summed E-state index contributed by atoms with van der Waals surface area (Å²) in [7, 11) is 0. The van der Waals surface area contributed by atoms with E-state index in [1.807, 2.05) is 0 Å². The number of ether oxygens (including phenoxy) is 3. The van der Waals surface area contributed by atoms with Crippen LogP contribution < -0.4 is 0 Å². The molecule has 3 nitrogen and oxygen atoms in total. The minimum atomic E-state index is 0.211. The van der Waals surface area contributed by atoms with E-state index in [9.17, 15) is 0 Å². The Morgan fingerprint density at radius 3 is 2.77 bits per heavy atom. The van der Waals surface area contributed by atoms with Crippen LogP contribution in [0.4, 0.5) is 0 Å². The topological polar surface area (TPSA) is 31.0 Å². The Morgan fingerprint density at radius 1 is 1.38 bits per heavy atom. The minimum absolute atomic E-state index is 0.211. The van der Waals surface area contributed by atoms with Gasteiger partial charge in [-0.05, 0) is 25.7 Å². The molecule has 0 bridgehead atoms. The third kappa shape index (κ3) is 4.07. The van der Waals surface area contributed by atoms with Crippen molar-refractivity contribution in [1.29, 1.82) is 0 Å². The van der Waals surface area contributed by atoms with Crippen LogP contribution in [0.5, 0.6) is 0 Å². The summed E-state index contributed by atoms with van der Waals surface area (Å²) >= 11 is 0. The first kappa shape index (κ1) is 9.44. The Hall–Kier alpha value is -0.120. The van der Waals surface area contributed by atoms with E-state index in [-0.39, 0.29) is 6.10 Å². The molecular weight excluding hydrogens is 168 g/mol. The fourth-order valence-corrected chi connectivity index (χ4v) is 1.17. The maximum absolute atomic E-state index is 5.52. The van der Waals surface area contributed by atoms with Gasteiger partial charge in [-0.15, -0.1) is 0 Å². The van der Waals surface area contributed by atoms with Gasteiger partial charge >= 0.3 is 0 Å². The molecule has 0 spiro atoms. The van der Waals surface area contributed by atoms with E-state index in [1.54, 1.807) is 0 Å². The number of hydrogen-bond donors (Lipinski definition) is 0. The second kappa shape index (κ2) is 4.40. The third-order valence-corrected chi connectivity index (χ3v) is 2.37. The lowest BCUT2D eigenvalue weighted by molar-refractivity contribution is -0.0140. The van der Waals surface area contributed by atoms with Gasteiger partial charge in [-0.3, -0.25) is 0 Å². The molecule has 2 atom stereocenters. The standard InChI is InChI=1S/C10H18O3/c1-8(12-6-10-7-13-10)4-11-5-9-2-3-9/h8-10H,2-7H2,1H3. The predicted octanol–water partition coefficient (Wildman–Crippen LogP) is 1.22. The molecule has 0 aromatic heterocycles. The zero-order valence-corrected chi connectivity index (χ0v) is 8.20. The third-order valence-electron chi connectivity index (χ3n) is 2.37. The zero-order chi connectivity index (χ0) is 9.10. The monoisotopic (exact) mass is 186 g/mol. The number of hydrogen-bond acceptors (Lipinski definition) is 3. The van der Waals surface area contributed by atoms with Crippen molar-refractivity contribution in [3.63, 3.8) is 0 Å². The maximum Gasteiger partial charge on any atom is 0.104 e. The first-order chi connectivity index (χ1) is 6.34. The van der Waals surface area contributed by atoms with Gasteiger partial charge in [0, 0.05) is 6.61 Å². The molecule has 2 fully saturated rings. The van der Waals surface area contributed by atoms with Crippen LogP contribution in [-0.4, -0.2) is 38.6 Å². The van der Waals surface area contributed by atoms with Gasteiger partial charge in [-0.25, -0.2) is 0 Å². The molecule has 0 amide bonds. The molecule has 0 N–H and O–H groups in total. The van der Waals surface area contributed by atoms with Crippen LogP contribution in [0.25, 0.3) is 0 Å². The summed E-state index contributed by atoms with van der Waals surface area (Å²) in [6, 6.07) is 0. The molecule has 0 radical (unpaired) electrons. The Kier molecular flexibility index (Phi) is 3.19. The van der Waals surface area contributed by atoms with Crippen molar-refractivity contribution in [3.8, 4) is 0 Å². The van der Waals surface area contributed by atoms with Crippen LogP contribution in [0.1, 0.15) is 19.8 Å². The van der Waals surface area contributed by atoms with Gasteiger partial charge in [0.15, 0.2) is 0 Å². The Bertz CT molecular complexity index is 152. The summed E-state index contributed by atoms with van der Waals surface area (Å²) in [5, 5.41) is 0. The van der Waals surface area contributed by atoms with Gasteiger partial charge < -0.3 is 14.2 Å². The van der Waals surface area contributed by atoms with Crippen molar-refractivity contribution >= 4 is 0 Å². The summed E-state index contributed by atoms with van der Waals surface area (Å²) in [6.45, 7) is 5.30. The molecule has 2 unspecified atom stereocenters. The molecule has 3 heteroatoms. The second-order valence-corrected chi connectivity index (χ2v) is 4.08. The number of rotatable bonds is 7. The van der Waals surface area contributed by atoms with Crippen molar-refractivity contribution in [1.82, 2.24) is 0 Å². The molecular formula is C10H18O3. The lowest BCUT2D eigenvalue weighted by Crippen LogP contribution is -2.19.